The van der Waals surface area contributed by atoms with Crippen molar-refractivity contribution < 1.29 is 9.53 Å². The predicted octanol–water partition coefficient (Wildman–Crippen LogP) is 1.94. The highest BCUT2D eigenvalue weighted by molar-refractivity contribution is 6.17. The third kappa shape index (κ3) is 2.85. The predicted molar refractivity (Wildman–Crippen MR) is 61.1 cm³/mol. The summed E-state index contributed by atoms with van der Waals surface area (Å²) in [5.74, 6) is 0.644. The second-order valence-electron chi connectivity index (χ2n) is 4.69. The Bertz CT molecular complexity index is 231. The van der Waals surface area contributed by atoms with E-state index in [1.165, 1.54) is 0 Å². The van der Waals surface area contributed by atoms with Crippen LogP contribution in [0.25, 0.3) is 0 Å². The molecule has 0 heterocycles. The minimum absolute atomic E-state index is 0.0470. The van der Waals surface area contributed by atoms with E-state index in [9.17, 15) is 4.79 Å². The zero-order valence-electron chi connectivity index (χ0n) is 9.68. The highest BCUT2D eigenvalue weighted by Gasteiger charge is 2.49. The van der Waals surface area contributed by atoms with Crippen LogP contribution in [0.15, 0.2) is 0 Å². The van der Waals surface area contributed by atoms with E-state index in [4.69, 9.17) is 16.3 Å². The molecule has 15 heavy (non-hydrogen) atoms. The number of nitrogens with one attached hydrogen (secondary N) is 1. The van der Waals surface area contributed by atoms with Crippen LogP contribution in [0.1, 0.15) is 33.1 Å². The summed E-state index contributed by atoms with van der Waals surface area (Å²) >= 11 is 5.53. The van der Waals surface area contributed by atoms with Gasteiger partial charge in [0.15, 0.2) is 0 Å². The molecule has 3 nitrogen and oxygen atoms in total. The number of methoxy groups -OCH3 is 1. The topological polar surface area (TPSA) is 38.3 Å². The van der Waals surface area contributed by atoms with Crippen molar-refractivity contribution in [3.05, 3.63) is 0 Å². The van der Waals surface area contributed by atoms with Gasteiger partial charge in [0.1, 0.15) is 0 Å². The number of amides is 1. The van der Waals surface area contributed by atoms with E-state index in [1.807, 2.05) is 0 Å². The van der Waals surface area contributed by atoms with Gasteiger partial charge in [-0.25, -0.2) is 0 Å². The Balaban J connectivity index is 2.32. The Morgan fingerprint density at radius 3 is 2.73 bits per heavy atom. The molecule has 2 atom stereocenters. The van der Waals surface area contributed by atoms with Gasteiger partial charge in [0.2, 0.25) is 5.91 Å². The number of rotatable bonds is 5. The third-order valence-corrected chi connectivity index (χ3v) is 3.60. The number of halogens is 1. The molecule has 0 aromatic rings. The highest BCUT2D eigenvalue weighted by Crippen LogP contribution is 2.42. The zero-order chi connectivity index (χ0) is 11.5. The van der Waals surface area contributed by atoms with Crippen molar-refractivity contribution in [2.75, 3.05) is 13.0 Å². The number of carbonyl (C=O) groups is 1. The van der Waals surface area contributed by atoms with Crippen LogP contribution in [0.3, 0.4) is 0 Å². The lowest BCUT2D eigenvalue weighted by Crippen LogP contribution is -2.61. The standard InChI is InChI=1S/C11H20ClNO2/c1-11(2)8(7-9(11)15-3)13-10(14)5-4-6-12/h8-9H,4-7H2,1-3H3,(H,13,14). The summed E-state index contributed by atoms with van der Waals surface area (Å²) in [6.07, 6.45) is 2.44. The number of ether oxygens (including phenoxy) is 1. The first kappa shape index (κ1) is 12.8. The van der Waals surface area contributed by atoms with Gasteiger partial charge >= 0.3 is 0 Å². The molecule has 1 saturated carbocycles. The molecular weight excluding hydrogens is 214 g/mol. The summed E-state index contributed by atoms with van der Waals surface area (Å²) in [6, 6.07) is 0.241. The monoisotopic (exact) mass is 233 g/mol. The van der Waals surface area contributed by atoms with Crippen molar-refractivity contribution in [2.45, 2.75) is 45.3 Å². The summed E-state index contributed by atoms with van der Waals surface area (Å²) in [5.41, 5.74) is 0.0470. The highest BCUT2D eigenvalue weighted by atomic mass is 35.5. The van der Waals surface area contributed by atoms with Crippen LogP contribution < -0.4 is 5.32 Å². The first-order valence-electron chi connectivity index (χ1n) is 5.40. The van der Waals surface area contributed by atoms with Crippen LogP contribution >= 0.6 is 11.6 Å². The van der Waals surface area contributed by atoms with Gasteiger partial charge in [0.05, 0.1) is 6.10 Å². The van der Waals surface area contributed by atoms with Crippen molar-refractivity contribution in [3.8, 4) is 0 Å². The molecule has 2 unspecified atom stereocenters. The second kappa shape index (κ2) is 5.17. The molecular formula is C11H20ClNO2. The Labute approximate surface area is 96.5 Å². The maximum Gasteiger partial charge on any atom is 0.220 e. The maximum atomic E-state index is 11.5. The van der Waals surface area contributed by atoms with Crippen LogP contribution in [0, 0.1) is 5.41 Å². The smallest absolute Gasteiger partial charge is 0.220 e. The fourth-order valence-corrected chi connectivity index (χ4v) is 2.16. The Morgan fingerprint density at radius 2 is 2.27 bits per heavy atom. The molecule has 1 aliphatic carbocycles. The van der Waals surface area contributed by atoms with E-state index in [0.29, 0.717) is 12.3 Å². The first-order valence-corrected chi connectivity index (χ1v) is 5.94. The SMILES string of the molecule is COC1CC(NC(=O)CCCCl)C1(C)C. The van der Waals surface area contributed by atoms with Gasteiger partial charge in [-0.05, 0) is 12.8 Å². The Hall–Kier alpha value is -0.280. The first-order chi connectivity index (χ1) is 7.02. The Morgan fingerprint density at radius 1 is 1.60 bits per heavy atom. The largest absolute Gasteiger partial charge is 0.381 e. The fourth-order valence-electron chi connectivity index (χ4n) is 2.02. The van der Waals surface area contributed by atoms with E-state index < -0.39 is 0 Å². The Kier molecular flexibility index (Phi) is 4.41. The maximum absolute atomic E-state index is 11.5. The molecule has 88 valence electrons. The van der Waals surface area contributed by atoms with Crippen LogP contribution in [-0.4, -0.2) is 31.0 Å². The summed E-state index contributed by atoms with van der Waals surface area (Å²) in [6.45, 7) is 4.24. The minimum atomic E-state index is 0.0470. The van der Waals surface area contributed by atoms with Gasteiger partial charge in [-0.3, -0.25) is 4.79 Å². The van der Waals surface area contributed by atoms with Crippen LogP contribution in [0.2, 0.25) is 0 Å². The van der Waals surface area contributed by atoms with Crippen molar-refractivity contribution in [1.82, 2.24) is 5.32 Å². The zero-order valence-corrected chi connectivity index (χ0v) is 10.4. The lowest BCUT2D eigenvalue weighted by atomic mass is 9.64. The molecule has 1 amide bonds. The second-order valence-corrected chi connectivity index (χ2v) is 5.07. The van der Waals surface area contributed by atoms with E-state index in [1.54, 1.807) is 7.11 Å². The average Bonchev–Trinajstić information content (AvgIpc) is 2.20. The summed E-state index contributed by atoms with van der Waals surface area (Å²) in [4.78, 5) is 11.5. The van der Waals surface area contributed by atoms with Gasteiger partial charge in [-0.1, -0.05) is 13.8 Å². The molecule has 4 heteroatoms. The molecule has 0 saturated heterocycles. The molecule has 1 N–H and O–H groups in total. The van der Waals surface area contributed by atoms with Gasteiger partial charge in [-0.2, -0.15) is 0 Å². The molecule has 1 fully saturated rings. The van der Waals surface area contributed by atoms with E-state index in [-0.39, 0.29) is 23.5 Å². The molecule has 0 spiro atoms. The van der Waals surface area contributed by atoms with Crippen molar-refractivity contribution in [2.24, 2.45) is 5.41 Å². The van der Waals surface area contributed by atoms with Crippen LogP contribution in [0.5, 0.6) is 0 Å². The van der Waals surface area contributed by atoms with Gasteiger partial charge in [0, 0.05) is 30.9 Å². The van der Waals surface area contributed by atoms with E-state index in [2.05, 4.69) is 19.2 Å². The summed E-state index contributed by atoms with van der Waals surface area (Å²) < 4.78 is 5.32. The van der Waals surface area contributed by atoms with Gasteiger partial charge < -0.3 is 10.1 Å². The number of hydrogen-bond acceptors (Lipinski definition) is 2. The summed E-state index contributed by atoms with van der Waals surface area (Å²) in [5, 5.41) is 3.03. The normalized spacial score (nSPS) is 28.3. The molecule has 0 radical (unpaired) electrons. The molecule has 1 rings (SSSR count). The molecule has 1 aliphatic rings. The van der Waals surface area contributed by atoms with Crippen LogP contribution in [-0.2, 0) is 9.53 Å². The van der Waals surface area contributed by atoms with Crippen molar-refractivity contribution >= 4 is 17.5 Å². The van der Waals surface area contributed by atoms with E-state index in [0.717, 1.165) is 12.8 Å². The average molecular weight is 234 g/mol. The van der Waals surface area contributed by atoms with Crippen molar-refractivity contribution in [3.63, 3.8) is 0 Å². The quantitative estimate of drug-likeness (QED) is 0.737. The molecule has 0 bridgehead atoms. The van der Waals surface area contributed by atoms with E-state index >= 15 is 0 Å². The minimum Gasteiger partial charge on any atom is -0.381 e. The third-order valence-electron chi connectivity index (χ3n) is 3.33. The van der Waals surface area contributed by atoms with Gasteiger partial charge in [-0.15, -0.1) is 11.6 Å². The fraction of sp³-hybridized carbons (Fsp3) is 0.909. The lowest BCUT2D eigenvalue weighted by Gasteiger charge is -2.51. The molecule has 0 aliphatic heterocycles. The number of hydrogen-bond donors (Lipinski definition) is 1. The summed E-state index contributed by atoms with van der Waals surface area (Å²) in [7, 11) is 1.72. The van der Waals surface area contributed by atoms with Gasteiger partial charge in [0.25, 0.3) is 0 Å². The molecule has 0 aromatic carbocycles. The lowest BCUT2D eigenvalue weighted by molar-refractivity contribution is -0.132. The number of carbonyl (C=O) groups excluding carboxylic acids is 1. The van der Waals surface area contributed by atoms with Crippen molar-refractivity contribution in [1.29, 1.82) is 0 Å². The number of alkyl halides is 1. The van der Waals surface area contributed by atoms with Crippen LogP contribution in [0.4, 0.5) is 0 Å². The molecule has 0 aromatic heterocycles.